The molecule has 0 atom stereocenters. The molecule has 1 aromatic rings. The van der Waals surface area contributed by atoms with Crippen molar-refractivity contribution in [2.75, 3.05) is 29.5 Å². The van der Waals surface area contributed by atoms with Crippen molar-refractivity contribution in [1.29, 1.82) is 5.26 Å². The monoisotopic (exact) mass is 296 g/mol. The summed E-state index contributed by atoms with van der Waals surface area (Å²) in [7, 11) is 0. The molecule has 0 aromatic heterocycles. The summed E-state index contributed by atoms with van der Waals surface area (Å²) in [4.78, 5) is 2.39. The Bertz CT molecular complexity index is 406. The van der Waals surface area contributed by atoms with Gasteiger partial charge in [0.2, 0.25) is 0 Å². The number of halogens is 1. The van der Waals surface area contributed by atoms with Crippen molar-refractivity contribution in [2.24, 2.45) is 0 Å². The van der Waals surface area contributed by atoms with Crippen LogP contribution in [0.25, 0.3) is 0 Å². The van der Waals surface area contributed by atoms with Gasteiger partial charge in [-0.1, -0.05) is 0 Å². The molecular weight excluding hydrogens is 284 g/mol. The van der Waals surface area contributed by atoms with Gasteiger partial charge in [0, 0.05) is 23.3 Å². The Balaban J connectivity index is 2.22. The molecule has 84 valence electrons. The van der Waals surface area contributed by atoms with Crippen molar-refractivity contribution < 1.29 is 0 Å². The van der Waals surface area contributed by atoms with Crippen LogP contribution in [0.3, 0.4) is 0 Å². The predicted octanol–water partition coefficient (Wildman–Crippen LogP) is 3.26. The zero-order valence-electron chi connectivity index (χ0n) is 8.95. The molecule has 0 bridgehead atoms. The highest BCUT2D eigenvalue weighted by atomic mass is 79.9. The van der Waals surface area contributed by atoms with E-state index in [0.29, 0.717) is 5.56 Å². The van der Waals surface area contributed by atoms with Gasteiger partial charge in [0.15, 0.2) is 0 Å². The summed E-state index contributed by atoms with van der Waals surface area (Å²) in [5.41, 5.74) is 1.92. The van der Waals surface area contributed by atoms with Gasteiger partial charge in [-0.25, -0.2) is 0 Å². The summed E-state index contributed by atoms with van der Waals surface area (Å²) in [5.74, 6) is 2.44. The Morgan fingerprint density at radius 1 is 1.31 bits per heavy atom. The minimum Gasteiger partial charge on any atom is -0.370 e. The van der Waals surface area contributed by atoms with Gasteiger partial charge in [-0.2, -0.15) is 17.0 Å². The lowest BCUT2D eigenvalue weighted by Crippen LogP contribution is -2.25. The molecule has 0 spiro atoms. The van der Waals surface area contributed by atoms with Crippen LogP contribution in [0.4, 0.5) is 5.69 Å². The van der Waals surface area contributed by atoms with Crippen molar-refractivity contribution in [1.82, 2.24) is 0 Å². The molecule has 1 saturated heterocycles. The van der Waals surface area contributed by atoms with Crippen LogP contribution >= 0.6 is 27.7 Å². The number of thioether (sulfide) groups is 1. The average Bonchev–Trinajstić information content (AvgIpc) is 2.57. The maximum Gasteiger partial charge on any atom is 0.0992 e. The first kappa shape index (κ1) is 11.8. The molecule has 0 radical (unpaired) electrons. The fourth-order valence-corrected chi connectivity index (χ4v) is 3.34. The van der Waals surface area contributed by atoms with Gasteiger partial charge in [-0.05, 0) is 46.3 Å². The molecule has 16 heavy (non-hydrogen) atoms. The Morgan fingerprint density at radius 2 is 2.19 bits per heavy atom. The molecule has 1 fully saturated rings. The van der Waals surface area contributed by atoms with Crippen LogP contribution in [0, 0.1) is 11.3 Å². The van der Waals surface area contributed by atoms with E-state index in [2.05, 4.69) is 26.9 Å². The molecule has 0 saturated carbocycles. The van der Waals surface area contributed by atoms with Crippen LogP contribution in [-0.4, -0.2) is 24.6 Å². The lowest BCUT2D eigenvalue weighted by atomic mass is 10.2. The third kappa shape index (κ3) is 2.72. The quantitative estimate of drug-likeness (QED) is 0.796. The van der Waals surface area contributed by atoms with Crippen LogP contribution in [-0.2, 0) is 0 Å². The smallest absolute Gasteiger partial charge is 0.0992 e. The summed E-state index contributed by atoms with van der Waals surface area (Å²) >= 11 is 5.57. The van der Waals surface area contributed by atoms with Gasteiger partial charge >= 0.3 is 0 Å². The van der Waals surface area contributed by atoms with Crippen molar-refractivity contribution in [3.05, 3.63) is 28.2 Å². The number of nitrogens with zero attached hydrogens (tertiary/aromatic N) is 2. The number of hydrogen-bond acceptors (Lipinski definition) is 3. The molecular formula is C12H13BrN2S. The summed E-state index contributed by atoms with van der Waals surface area (Å²) in [6.07, 6.45) is 1.23. The highest BCUT2D eigenvalue weighted by Gasteiger charge is 2.12. The second-order valence-electron chi connectivity index (χ2n) is 3.73. The van der Waals surface area contributed by atoms with Gasteiger partial charge in [0.25, 0.3) is 0 Å². The lowest BCUT2D eigenvalue weighted by Gasteiger charge is -2.23. The highest BCUT2D eigenvalue weighted by Crippen LogP contribution is 2.28. The highest BCUT2D eigenvalue weighted by molar-refractivity contribution is 9.10. The van der Waals surface area contributed by atoms with Crippen molar-refractivity contribution in [2.45, 2.75) is 6.42 Å². The first-order chi connectivity index (χ1) is 7.81. The maximum atomic E-state index is 8.82. The zero-order valence-corrected chi connectivity index (χ0v) is 11.4. The molecule has 0 amide bonds. The molecule has 1 aromatic carbocycles. The molecule has 0 N–H and O–H groups in total. The number of anilines is 1. The standard InChI is InChI=1S/C12H13BrN2S/c13-11-8-10(9-14)2-3-12(11)15-4-1-6-16-7-5-15/h2-3,8H,1,4-7H2. The van der Waals surface area contributed by atoms with Crippen molar-refractivity contribution >= 4 is 33.4 Å². The predicted molar refractivity (Wildman–Crippen MR) is 73.0 cm³/mol. The largest absolute Gasteiger partial charge is 0.370 e. The molecule has 2 nitrogen and oxygen atoms in total. The molecule has 0 unspecified atom stereocenters. The number of rotatable bonds is 1. The summed E-state index contributed by atoms with van der Waals surface area (Å²) < 4.78 is 1.03. The fraction of sp³-hybridized carbons (Fsp3) is 0.417. The molecule has 1 aliphatic heterocycles. The molecule has 1 heterocycles. The zero-order chi connectivity index (χ0) is 11.4. The third-order valence-electron chi connectivity index (χ3n) is 2.64. The van der Waals surface area contributed by atoms with E-state index in [1.807, 2.05) is 30.0 Å². The van der Waals surface area contributed by atoms with Gasteiger partial charge < -0.3 is 4.90 Å². The molecule has 2 rings (SSSR count). The van der Waals surface area contributed by atoms with E-state index in [1.165, 1.54) is 23.6 Å². The normalized spacial score (nSPS) is 16.6. The third-order valence-corrected chi connectivity index (χ3v) is 4.32. The number of benzene rings is 1. The first-order valence-electron chi connectivity index (χ1n) is 5.33. The maximum absolute atomic E-state index is 8.82. The number of hydrogen-bond donors (Lipinski definition) is 0. The average molecular weight is 297 g/mol. The minimum atomic E-state index is 0.708. The van der Waals surface area contributed by atoms with Crippen LogP contribution in [0.15, 0.2) is 22.7 Å². The Labute approximate surface area is 109 Å². The molecule has 0 aliphatic carbocycles. The van der Waals surface area contributed by atoms with Crippen LogP contribution in [0.2, 0.25) is 0 Å². The summed E-state index contributed by atoms with van der Waals surface area (Å²) in [5, 5.41) is 8.82. The van der Waals surface area contributed by atoms with E-state index in [1.54, 1.807) is 0 Å². The lowest BCUT2D eigenvalue weighted by molar-refractivity contribution is 0.814. The number of nitriles is 1. The molecule has 1 aliphatic rings. The van der Waals surface area contributed by atoms with Crippen molar-refractivity contribution in [3.8, 4) is 6.07 Å². The molecule has 4 heteroatoms. The van der Waals surface area contributed by atoms with Gasteiger partial charge in [0.1, 0.15) is 0 Å². The Morgan fingerprint density at radius 3 is 2.94 bits per heavy atom. The van der Waals surface area contributed by atoms with Crippen LogP contribution in [0.5, 0.6) is 0 Å². The van der Waals surface area contributed by atoms with E-state index in [4.69, 9.17) is 5.26 Å². The Hall–Kier alpha value is -0.660. The van der Waals surface area contributed by atoms with Gasteiger partial charge in [-0.3, -0.25) is 0 Å². The van der Waals surface area contributed by atoms with Crippen LogP contribution < -0.4 is 4.90 Å². The SMILES string of the molecule is N#Cc1ccc(N2CCCSCC2)c(Br)c1. The van der Waals surface area contributed by atoms with E-state index < -0.39 is 0 Å². The van der Waals surface area contributed by atoms with Crippen LogP contribution in [0.1, 0.15) is 12.0 Å². The van der Waals surface area contributed by atoms with E-state index >= 15 is 0 Å². The van der Waals surface area contributed by atoms with E-state index in [9.17, 15) is 0 Å². The van der Waals surface area contributed by atoms with Gasteiger partial charge in [-0.15, -0.1) is 0 Å². The Kier molecular flexibility index (Phi) is 4.14. The summed E-state index contributed by atoms with van der Waals surface area (Å²) in [6, 6.07) is 7.98. The topological polar surface area (TPSA) is 27.0 Å². The van der Waals surface area contributed by atoms with E-state index in [0.717, 1.165) is 17.6 Å². The second kappa shape index (κ2) is 5.60. The first-order valence-corrected chi connectivity index (χ1v) is 7.28. The minimum absolute atomic E-state index is 0.708. The van der Waals surface area contributed by atoms with E-state index in [-0.39, 0.29) is 0 Å². The van der Waals surface area contributed by atoms with Crippen molar-refractivity contribution in [3.63, 3.8) is 0 Å². The fourth-order valence-electron chi connectivity index (χ4n) is 1.82. The van der Waals surface area contributed by atoms with Gasteiger partial charge in [0.05, 0.1) is 17.3 Å². The summed E-state index contributed by atoms with van der Waals surface area (Å²) in [6.45, 7) is 2.20. The second-order valence-corrected chi connectivity index (χ2v) is 5.81.